The van der Waals surface area contributed by atoms with E-state index < -0.39 is 46.1 Å². The van der Waals surface area contributed by atoms with Crippen LogP contribution >= 0.6 is 0 Å². The zero-order chi connectivity index (χ0) is 53.1. The van der Waals surface area contributed by atoms with Crippen molar-refractivity contribution in [2.24, 2.45) is 0 Å². The van der Waals surface area contributed by atoms with Gasteiger partial charge in [-0.3, -0.25) is 9.59 Å². The van der Waals surface area contributed by atoms with Crippen molar-refractivity contribution in [2.45, 2.75) is 36.0 Å². The zero-order valence-electron chi connectivity index (χ0n) is 39.9. The molecule has 0 unspecified atom stereocenters. The van der Waals surface area contributed by atoms with Crippen molar-refractivity contribution < 1.29 is 56.4 Å². The van der Waals surface area contributed by atoms with Crippen LogP contribution in [-0.2, 0) is 32.8 Å². The predicted octanol–water partition coefficient (Wildman–Crippen LogP) is 14.0. The Hall–Kier alpha value is -9.04. The van der Waals surface area contributed by atoms with Gasteiger partial charge in [-0.1, -0.05) is 97.1 Å². The number of nitrogens with zero attached hydrogens (tertiary/aromatic N) is 2. The minimum absolute atomic E-state index is 0.0124. The number of alkyl halides is 6. The topological polar surface area (TPSA) is 122 Å². The van der Waals surface area contributed by atoms with E-state index in [0.29, 0.717) is 65.3 Å². The maximum Gasteiger partial charge on any atom is 0.418 e. The number of phenolic OH excluding ortho intramolecular Hbond substituents is 4. The maximum atomic E-state index is 15.8. The number of benzene rings is 10. The van der Waals surface area contributed by atoms with Crippen molar-refractivity contribution in [1.29, 1.82) is 0 Å². The summed E-state index contributed by atoms with van der Waals surface area (Å²) >= 11 is 0. The van der Waals surface area contributed by atoms with E-state index in [9.17, 15) is 20.4 Å². The van der Waals surface area contributed by atoms with Gasteiger partial charge in [-0.2, -0.15) is 26.3 Å². The summed E-state index contributed by atoms with van der Waals surface area (Å²) in [6.07, 6.45) is -10.0. The first-order chi connectivity index (χ1) is 36.4. The molecule has 0 saturated carbocycles. The first-order valence-corrected chi connectivity index (χ1v) is 24.4. The summed E-state index contributed by atoms with van der Waals surface area (Å²) in [5.41, 5.74) is -5.26. The third kappa shape index (κ3) is 7.36. The highest BCUT2D eigenvalue weighted by atomic mass is 19.4. The number of para-hydroxylation sites is 2. The number of halogens is 6. The van der Waals surface area contributed by atoms with Gasteiger partial charge in [0.25, 0.3) is 0 Å². The fourth-order valence-electron chi connectivity index (χ4n) is 11.9. The second-order valence-corrected chi connectivity index (χ2v) is 19.5. The highest BCUT2D eigenvalue weighted by Gasteiger charge is 2.58. The largest absolute Gasteiger partial charge is 0.508 e. The molecule has 0 aliphatic carbocycles. The molecule has 0 atom stereocenters. The van der Waals surface area contributed by atoms with Gasteiger partial charge in [-0.15, -0.1) is 0 Å². The predicted molar refractivity (Wildman–Crippen MR) is 279 cm³/mol. The number of aromatic hydroxyl groups is 4. The number of phenols is 4. The molecule has 10 aromatic carbocycles. The molecule has 2 aliphatic heterocycles. The van der Waals surface area contributed by atoms with Gasteiger partial charge in [0.2, 0.25) is 11.8 Å². The van der Waals surface area contributed by atoms with Crippen molar-refractivity contribution in [2.75, 3.05) is 22.9 Å². The third-order valence-corrected chi connectivity index (χ3v) is 15.2. The molecule has 12 rings (SSSR count). The standard InChI is InChI=1S/C62H42F6N2O6/c63-61(64,65)53-7-3-5-51-55(53)69(57(75)59(51,43-17-9-39-31-47(71)21-13-35(39)27-43)44-18-10-40-32-48(72)22-14-36(40)28-44)25-1-2-26-70-56-52(6-4-8-54(56)62(66,67)68)60(58(70)76,45-19-11-41-33-49(73)23-15-37(41)29-45)46-20-12-42-34-50(74)24-16-38(42)30-46/h3-24,27-34,71-74H,1-2,25-26H2. The molecule has 2 aliphatic rings. The van der Waals surface area contributed by atoms with E-state index in [1.54, 1.807) is 97.1 Å². The van der Waals surface area contributed by atoms with Gasteiger partial charge in [0, 0.05) is 24.2 Å². The molecule has 0 saturated heterocycles. The summed E-state index contributed by atoms with van der Waals surface area (Å²) in [5.74, 6) is -1.48. The van der Waals surface area contributed by atoms with Gasteiger partial charge in [0.05, 0.1) is 22.5 Å². The van der Waals surface area contributed by atoms with E-state index in [1.165, 1.54) is 72.8 Å². The molecule has 76 heavy (non-hydrogen) atoms. The molecule has 0 radical (unpaired) electrons. The minimum Gasteiger partial charge on any atom is -0.508 e. The molecule has 2 heterocycles. The highest BCUT2D eigenvalue weighted by Crippen LogP contribution is 2.57. The van der Waals surface area contributed by atoms with Gasteiger partial charge in [0.1, 0.15) is 33.8 Å². The Balaban J connectivity index is 0.974. The molecule has 0 bridgehead atoms. The molecule has 0 spiro atoms. The van der Waals surface area contributed by atoms with E-state index in [2.05, 4.69) is 0 Å². The molecular weight excluding hydrogens is 983 g/mol. The number of carbonyl (C=O) groups excluding carboxylic acids is 2. The molecule has 0 aromatic heterocycles. The lowest BCUT2D eigenvalue weighted by Gasteiger charge is -2.31. The van der Waals surface area contributed by atoms with Crippen LogP contribution in [-0.4, -0.2) is 45.3 Å². The Kier molecular flexibility index (Phi) is 10.9. The normalized spacial score (nSPS) is 15.1. The SMILES string of the molecule is O=C1N(CCCCN2C(=O)C(c3ccc4cc(O)ccc4c3)(c3ccc4cc(O)ccc4c3)c3cccc(C(F)(F)F)c32)c2c(C(F)(F)F)cccc2C1(c1ccc2cc(O)ccc2c1)c1ccc2cc(O)ccc2c1. The molecular formula is C62H42F6N2O6. The summed E-state index contributed by atoms with van der Waals surface area (Å²) in [6, 6.07) is 46.0. The number of hydrogen-bond donors (Lipinski definition) is 4. The quantitative estimate of drug-likeness (QED) is 0.0844. The van der Waals surface area contributed by atoms with E-state index in [-0.39, 0.29) is 71.4 Å². The average molecular weight is 1030 g/mol. The highest BCUT2D eigenvalue weighted by molar-refractivity contribution is 6.16. The van der Waals surface area contributed by atoms with Gasteiger partial charge in [0.15, 0.2) is 0 Å². The Morgan fingerprint density at radius 3 is 0.895 bits per heavy atom. The summed E-state index contributed by atoms with van der Waals surface area (Å²) in [5, 5.41) is 46.0. The van der Waals surface area contributed by atoms with Crippen LogP contribution in [0.1, 0.15) is 57.3 Å². The molecule has 0 fully saturated rings. The van der Waals surface area contributed by atoms with Crippen LogP contribution in [0, 0.1) is 0 Å². The fraction of sp³-hybridized carbons (Fsp3) is 0.129. The first-order valence-electron chi connectivity index (χ1n) is 24.4. The number of unbranched alkanes of at least 4 members (excludes halogenated alkanes) is 1. The summed E-state index contributed by atoms with van der Waals surface area (Å²) in [6.45, 7) is -0.668. The van der Waals surface area contributed by atoms with Gasteiger partial charge >= 0.3 is 12.4 Å². The van der Waals surface area contributed by atoms with E-state index in [4.69, 9.17) is 0 Å². The Morgan fingerprint density at radius 1 is 0.355 bits per heavy atom. The van der Waals surface area contributed by atoms with Crippen molar-refractivity contribution >= 4 is 66.3 Å². The number of hydrogen-bond acceptors (Lipinski definition) is 6. The van der Waals surface area contributed by atoms with E-state index in [0.717, 1.165) is 21.9 Å². The van der Waals surface area contributed by atoms with Crippen molar-refractivity contribution in [3.8, 4) is 23.0 Å². The molecule has 2 amide bonds. The Morgan fingerprint density at radius 2 is 0.618 bits per heavy atom. The number of rotatable bonds is 9. The molecule has 10 aromatic rings. The molecule has 8 nitrogen and oxygen atoms in total. The smallest absolute Gasteiger partial charge is 0.418 e. The Bertz CT molecular complexity index is 3640. The minimum atomic E-state index is -4.95. The van der Waals surface area contributed by atoms with Crippen LogP contribution in [0.2, 0.25) is 0 Å². The lowest BCUT2D eigenvalue weighted by molar-refractivity contribution is -0.138. The second kappa shape index (κ2) is 17.3. The van der Waals surface area contributed by atoms with Crippen molar-refractivity contribution in [1.82, 2.24) is 0 Å². The lowest BCUT2D eigenvalue weighted by Crippen LogP contribution is -2.43. The van der Waals surface area contributed by atoms with Crippen LogP contribution < -0.4 is 9.80 Å². The zero-order valence-corrected chi connectivity index (χ0v) is 39.9. The van der Waals surface area contributed by atoms with Gasteiger partial charge < -0.3 is 30.2 Å². The van der Waals surface area contributed by atoms with E-state index >= 15 is 35.9 Å². The lowest BCUT2D eigenvalue weighted by atomic mass is 9.69. The number of carbonyl (C=O) groups is 2. The number of fused-ring (bicyclic) bond motifs is 6. The third-order valence-electron chi connectivity index (χ3n) is 15.2. The maximum absolute atomic E-state index is 15.8. The monoisotopic (exact) mass is 1020 g/mol. The van der Waals surface area contributed by atoms with Crippen LogP contribution in [0.4, 0.5) is 37.7 Å². The fourth-order valence-corrected chi connectivity index (χ4v) is 11.9. The number of anilines is 2. The van der Waals surface area contributed by atoms with Crippen molar-refractivity contribution in [3.63, 3.8) is 0 Å². The molecule has 378 valence electrons. The first kappa shape index (κ1) is 47.9. The average Bonchev–Trinajstić information content (AvgIpc) is 3.96. The van der Waals surface area contributed by atoms with Crippen LogP contribution in [0.5, 0.6) is 23.0 Å². The van der Waals surface area contributed by atoms with Gasteiger partial charge in [-0.05, 0) is 163 Å². The van der Waals surface area contributed by atoms with Crippen LogP contribution in [0.3, 0.4) is 0 Å². The van der Waals surface area contributed by atoms with Gasteiger partial charge in [-0.25, -0.2) is 0 Å². The Labute approximate surface area is 429 Å². The second-order valence-electron chi connectivity index (χ2n) is 19.5. The van der Waals surface area contributed by atoms with E-state index in [1.807, 2.05) is 0 Å². The summed E-state index contributed by atoms with van der Waals surface area (Å²) in [4.78, 5) is 33.9. The van der Waals surface area contributed by atoms with Crippen LogP contribution in [0.15, 0.2) is 182 Å². The summed E-state index contributed by atoms with van der Waals surface area (Å²) in [7, 11) is 0. The van der Waals surface area contributed by atoms with Crippen LogP contribution in [0.25, 0.3) is 43.1 Å². The number of amides is 2. The van der Waals surface area contributed by atoms with Crippen molar-refractivity contribution in [3.05, 3.63) is 226 Å². The molecule has 14 heteroatoms. The molecule has 4 N–H and O–H groups in total. The summed E-state index contributed by atoms with van der Waals surface area (Å²) < 4.78 is 92.5.